The lowest BCUT2D eigenvalue weighted by Crippen LogP contribution is -2.34. The number of benzene rings is 1. The Balaban J connectivity index is 1.29. The third-order valence-electron chi connectivity index (χ3n) is 8.25. The summed E-state index contributed by atoms with van der Waals surface area (Å²) in [6.45, 7) is 2.34. The number of rotatable bonds is 4. The Labute approximate surface area is 160 Å². The van der Waals surface area contributed by atoms with Crippen molar-refractivity contribution in [2.75, 3.05) is 0 Å². The minimum absolute atomic E-state index is 0.100. The van der Waals surface area contributed by atoms with Crippen molar-refractivity contribution in [2.24, 2.45) is 29.6 Å². The lowest BCUT2D eigenvalue weighted by atomic mass is 9.60. The first kappa shape index (κ1) is 18.5. The quantitative estimate of drug-likeness (QED) is 0.517. The van der Waals surface area contributed by atoms with Crippen molar-refractivity contribution in [3.63, 3.8) is 0 Å². The van der Waals surface area contributed by atoms with E-state index in [1.807, 2.05) is 12.1 Å². The Hall–Kier alpha value is -0.850. The molecule has 0 heterocycles. The van der Waals surface area contributed by atoms with Gasteiger partial charge in [-0.15, -0.1) is 0 Å². The number of hydrogen-bond donors (Lipinski definition) is 0. The van der Waals surface area contributed by atoms with Gasteiger partial charge in [-0.2, -0.15) is 0 Å². The number of hydrogen-bond acceptors (Lipinski definition) is 0. The molecular formula is C25H37F. The first-order valence-electron chi connectivity index (χ1n) is 11.5. The molecule has 0 spiro atoms. The fourth-order valence-electron chi connectivity index (χ4n) is 6.75. The van der Waals surface area contributed by atoms with Crippen LogP contribution in [0.4, 0.5) is 4.39 Å². The van der Waals surface area contributed by atoms with Crippen LogP contribution in [0.25, 0.3) is 0 Å². The molecule has 1 aromatic rings. The number of halogens is 1. The zero-order chi connectivity index (χ0) is 17.9. The van der Waals surface area contributed by atoms with Crippen molar-refractivity contribution in [1.29, 1.82) is 0 Å². The Bertz CT molecular complexity index is 554. The van der Waals surface area contributed by atoms with Gasteiger partial charge < -0.3 is 0 Å². The molecule has 0 radical (unpaired) electrons. The van der Waals surface area contributed by atoms with E-state index in [2.05, 4.69) is 6.92 Å². The minimum atomic E-state index is -0.100. The highest BCUT2D eigenvalue weighted by atomic mass is 19.1. The van der Waals surface area contributed by atoms with Crippen LogP contribution in [0.2, 0.25) is 0 Å². The average Bonchev–Trinajstić information content (AvgIpc) is 2.69. The predicted octanol–water partition coefficient (Wildman–Crippen LogP) is 7.73. The predicted molar refractivity (Wildman–Crippen MR) is 108 cm³/mol. The van der Waals surface area contributed by atoms with E-state index in [0.29, 0.717) is 5.92 Å². The largest absolute Gasteiger partial charge is 0.207 e. The van der Waals surface area contributed by atoms with E-state index in [0.717, 1.165) is 29.6 Å². The van der Waals surface area contributed by atoms with Crippen molar-refractivity contribution in [1.82, 2.24) is 0 Å². The van der Waals surface area contributed by atoms with E-state index >= 15 is 0 Å². The lowest BCUT2D eigenvalue weighted by molar-refractivity contribution is 0.0712. The molecule has 3 fully saturated rings. The summed E-state index contributed by atoms with van der Waals surface area (Å²) in [4.78, 5) is 0. The fourth-order valence-corrected chi connectivity index (χ4v) is 6.75. The monoisotopic (exact) mass is 356 g/mol. The summed E-state index contributed by atoms with van der Waals surface area (Å²) in [5.41, 5.74) is 1.38. The highest BCUT2D eigenvalue weighted by Gasteiger charge is 2.38. The van der Waals surface area contributed by atoms with Gasteiger partial charge in [0, 0.05) is 0 Å². The molecule has 3 aliphatic carbocycles. The van der Waals surface area contributed by atoms with Crippen LogP contribution >= 0.6 is 0 Å². The van der Waals surface area contributed by atoms with E-state index in [9.17, 15) is 4.39 Å². The minimum Gasteiger partial charge on any atom is -0.207 e. The van der Waals surface area contributed by atoms with Crippen LogP contribution in [0.1, 0.15) is 95.5 Å². The molecule has 0 bridgehead atoms. The second-order valence-corrected chi connectivity index (χ2v) is 9.72. The Morgan fingerprint density at radius 2 is 1.31 bits per heavy atom. The fraction of sp³-hybridized carbons (Fsp3) is 0.760. The summed E-state index contributed by atoms with van der Waals surface area (Å²) in [5, 5.41) is 0. The molecule has 3 saturated carbocycles. The normalized spacial score (nSPS) is 37.9. The molecule has 144 valence electrons. The van der Waals surface area contributed by atoms with Crippen LogP contribution in [0.5, 0.6) is 0 Å². The molecule has 3 aliphatic rings. The molecule has 0 unspecified atom stereocenters. The Kier molecular flexibility index (Phi) is 6.01. The van der Waals surface area contributed by atoms with Crippen molar-refractivity contribution < 1.29 is 4.39 Å². The molecule has 0 aliphatic heterocycles. The standard InChI is InChI=1S/C25H37F/c1-2-3-18-4-6-19(7-5-18)21-8-10-24-17-22(9-11-23(24)16-21)20-12-14-25(26)15-13-20/h12-15,18-19,21-24H,2-11,16-17H2,1H3/t18?,19?,21-,22-,23-,24-/m1/s1. The molecule has 0 nitrogen and oxygen atoms in total. The number of fused-ring (bicyclic) bond motifs is 1. The van der Waals surface area contributed by atoms with Crippen LogP contribution in [0.15, 0.2) is 24.3 Å². The van der Waals surface area contributed by atoms with Gasteiger partial charge in [-0.05, 0) is 105 Å². The molecule has 26 heavy (non-hydrogen) atoms. The maximum absolute atomic E-state index is 13.2. The van der Waals surface area contributed by atoms with Gasteiger partial charge in [0.2, 0.25) is 0 Å². The SMILES string of the molecule is CCCC1CCC([C@@H]2CC[C@@H]3C[C@H](c4ccc(F)cc4)CC[C@@H]3C2)CC1. The Morgan fingerprint density at radius 1 is 0.731 bits per heavy atom. The van der Waals surface area contributed by atoms with Crippen molar-refractivity contribution in [2.45, 2.75) is 89.9 Å². The van der Waals surface area contributed by atoms with E-state index in [1.165, 1.54) is 82.6 Å². The highest BCUT2D eigenvalue weighted by Crippen LogP contribution is 2.51. The summed E-state index contributed by atoms with van der Waals surface area (Å²) < 4.78 is 13.2. The van der Waals surface area contributed by atoms with E-state index in [4.69, 9.17) is 0 Å². The molecule has 0 saturated heterocycles. The van der Waals surface area contributed by atoms with Crippen LogP contribution < -0.4 is 0 Å². The zero-order valence-electron chi connectivity index (χ0n) is 16.6. The molecule has 4 rings (SSSR count). The summed E-state index contributed by atoms with van der Waals surface area (Å²) in [7, 11) is 0. The van der Waals surface area contributed by atoms with Crippen LogP contribution in [0.3, 0.4) is 0 Å². The second-order valence-electron chi connectivity index (χ2n) is 9.72. The third-order valence-corrected chi connectivity index (χ3v) is 8.25. The third kappa shape index (κ3) is 4.18. The van der Waals surface area contributed by atoms with E-state index in [1.54, 1.807) is 12.1 Å². The summed E-state index contributed by atoms with van der Waals surface area (Å²) in [6, 6.07) is 7.35. The maximum Gasteiger partial charge on any atom is 0.123 e. The zero-order valence-corrected chi connectivity index (χ0v) is 16.6. The first-order chi connectivity index (χ1) is 12.7. The molecule has 4 atom stereocenters. The lowest BCUT2D eigenvalue weighted by Gasteiger charge is -2.45. The van der Waals surface area contributed by atoms with Crippen molar-refractivity contribution in [3.8, 4) is 0 Å². The topological polar surface area (TPSA) is 0 Å². The van der Waals surface area contributed by atoms with Gasteiger partial charge in [-0.3, -0.25) is 0 Å². The average molecular weight is 357 g/mol. The Morgan fingerprint density at radius 3 is 2.00 bits per heavy atom. The van der Waals surface area contributed by atoms with Gasteiger partial charge in [0.25, 0.3) is 0 Å². The first-order valence-corrected chi connectivity index (χ1v) is 11.5. The summed E-state index contributed by atoms with van der Waals surface area (Å²) in [6.07, 6.45) is 17.4. The van der Waals surface area contributed by atoms with Gasteiger partial charge in [-0.1, -0.05) is 44.7 Å². The van der Waals surface area contributed by atoms with Crippen molar-refractivity contribution in [3.05, 3.63) is 35.6 Å². The van der Waals surface area contributed by atoms with E-state index < -0.39 is 0 Å². The second kappa shape index (κ2) is 8.44. The van der Waals surface area contributed by atoms with Gasteiger partial charge in [0.1, 0.15) is 5.82 Å². The maximum atomic E-state index is 13.2. The molecule has 0 amide bonds. The smallest absolute Gasteiger partial charge is 0.123 e. The highest BCUT2D eigenvalue weighted by molar-refractivity contribution is 5.21. The van der Waals surface area contributed by atoms with Crippen LogP contribution in [0, 0.1) is 35.4 Å². The molecule has 0 aromatic heterocycles. The van der Waals surface area contributed by atoms with Gasteiger partial charge in [0.05, 0.1) is 0 Å². The van der Waals surface area contributed by atoms with Crippen LogP contribution in [-0.4, -0.2) is 0 Å². The molecule has 1 aromatic carbocycles. The van der Waals surface area contributed by atoms with Gasteiger partial charge in [0.15, 0.2) is 0 Å². The van der Waals surface area contributed by atoms with Crippen molar-refractivity contribution >= 4 is 0 Å². The van der Waals surface area contributed by atoms with Crippen LogP contribution in [-0.2, 0) is 0 Å². The molecular weight excluding hydrogens is 319 g/mol. The summed E-state index contributed by atoms with van der Waals surface area (Å²) >= 11 is 0. The molecule has 1 heteroatoms. The summed E-state index contributed by atoms with van der Waals surface area (Å²) in [5.74, 6) is 5.61. The van der Waals surface area contributed by atoms with Gasteiger partial charge >= 0.3 is 0 Å². The van der Waals surface area contributed by atoms with E-state index in [-0.39, 0.29) is 5.82 Å². The molecule has 0 N–H and O–H groups in total. The van der Waals surface area contributed by atoms with Gasteiger partial charge in [-0.25, -0.2) is 4.39 Å².